The molecule has 2 aromatic carbocycles. The number of hydrogen-bond donors (Lipinski definition) is 1. The van der Waals surface area contributed by atoms with Crippen molar-refractivity contribution in [3.63, 3.8) is 0 Å². The van der Waals surface area contributed by atoms with Gasteiger partial charge >= 0.3 is 0 Å². The lowest BCUT2D eigenvalue weighted by Gasteiger charge is -2.16. The molecule has 2 aromatic rings. The maximum Gasteiger partial charge on any atom is 0.119 e. The minimum Gasteiger partial charge on any atom is -0.491 e. The van der Waals surface area contributed by atoms with Crippen LogP contribution in [0.4, 0.5) is 0 Å². The highest BCUT2D eigenvalue weighted by molar-refractivity contribution is 5.36. The Morgan fingerprint density at radius 1 is 0.952 bits per heavy atom. The second-order valence-electron chi connectivity index (χ2n) is 5.83. The molecule has 0 saturated heterocycles. The van der Waals surface area contributed by atoms with Crippen LogP contribution in [0, 0.1) is 13.8 Å². The summed E-state index contributed by atoms with van der Waals surface area (Å²) in [7, 11) is 0. The fourth-order valence-electron chi connectivity index (χ4n) is 2.52. The fourth-order valence-corrected chi connectivity index (χ4v) is 2.52. The molecular formula is C19H24O2. The molecule has 0 aromatic heterocycles. The summed E-state index contributed by atoms with van der Waals surface area (Å²) in [5.41, 5.74) is 4.61. The summed E-state index contributed by atoms with van der Waals surface area (Å²) in [4.78, 5) is 0. The van der Waals surface area contributed by atoms with E-state index >= 15 is 0 Å². The van der Waals surface area contributed by atoms with E-state index in [0.717, 1.165) is 11.3 Å². The highest BCUT2D eigenvalue weighted by Gasteiger charge is 2.12. The van der Waals surface area contributed by atoms with Crippen molar-refractivity contribution < 1.29 is 9.84 Å². The maximum atomic E-state index is 10.5. The smallest absolute Gasteiger partial charge is 0.119 e. The van der Waals surface area contributed by atoms with Gasteiger partial charge in [0.2, 0.25) is 0 Å². The molecule has 0 aliphatic carbocycles. The largest absolute Gasteiger partial charge is 0.491 e. The molecule has 0 aliphatic heterocycles. The van der Waals surface area contributed by atoms with Crippen LogP contribution >= 0.6 is 0 Å². The van der Waals surface area contributed by atoms with Crippen LogP contribution < -0.4 is 4.74 Å². The summed E-state index contributed by atoms with van der Waals surface area (Å²) in [6, 6.07) is 14.0. The maximum absolute atomic E-state index is 10.5. The van der Waals surface area contributed by atoms with E-state index in [-0.39, 0.29) is 6.10 Å². The van der Waals surface area contributed by atoms with Gasteiger partial charge in [-0.15, -0.1) is 0 Å². The van der Waals surface area contributed by atoms with Crippen molar-refractivity contribution in [1.82, 2.24) is 0 Å². The molecule has 0 amide bonds. The SMILES string of the molecule is Cc1cccc(C)c1CC(O)c1ccc(OC(C)C)cc1. The summed E-state index contributed by atoms with van der Waals surface area (Å²) < 4.78 is 5.62. The van der Waals surface area contributed by atoms with E-state index in [1.807, 2.05) is 38.1 Å². The van der Waals surface area contributed by atoms with Crippen LogP contribution in [0.15, 0.2) is 42.5 Å². The van der Waals surface area contributed by atoms with Gasteiger partial charge in [-0.25, -0.2) is 0 Å². The van der Waals surface area contributed by atoms with Crippen molar-refractivity contribution in [3.05, 3.63) is 64.7 Å². The van der Waals surface area contributed by atoms with Crippen molar-refractivity contribution in [2.45, 2.75) is 46.3 Å². The molecular weight excluding hydrogens is 260 g/mol. The van der Waals surface area contributed by atoms with E-state index in [4.69, 9.17) is 4.74 Å². The van der Waals surface area contributed by atoms with Crippen LogP contribution in [0.3, 0.4) is 0 Å². The first kappa shape index (κ1) is 15.6. The number of aliphatic hydroxyl groups is 1. The van der Waals surface area contributed by atoms with Gasteiger partial charge in [-0.05, 0) is 62.1 Å². The van der Waals surface area contributed by atoms with Gasteiger partial charge in [-0.3, -0.25) is 0 Å². The number of ether oxygens (including phenoxy) is 1. The molecule has 112 valence electrons. The van der Waals surface area contributed by atoms with E-state index in [2.05, 4.69) is 32.0 Å². The topological polar surface area (TPSA) is 29.5 Å². The molecule has 21 heavy (non-hydrogen) atoms. The van der Waals surface area contributed by atoms with Crippen molar-refractivity contribution in [3.8, 4) is 5.75 Å². The minimum absolute atomic E-state index is 0.162. The Morgan fingerprint density at radius 2 is 1.52 bits per heavy atom. The predicted molar refractivity (Wildman–Crippen MR) is 86.8 cm³/mol. The quantitative estimate of drug-likeness (QED) is 0.883. The molecule has 2 nitrogen and oxygen atoms in total. The molecule has 0 fully saturated rings. The zero-order valence-electron chi connectivity index (χ0n) is 13.3. The van der Waals surface area contributed by atoms with Crippen LogP contribution in [0.5, 0.6) is 5.75 Å². The lowest BCUT2D eigenvalue weighted by atomic mass is 9.94. The Morgan fingerprint density at radius 3 is 2.05 bits per heavy atom. The number of benzene rings is 2. The van der Waals surface area contributed by atoms with Crippen LogP contribution in [-0.2, 0) is 6.42 Å². The van der Waals surface area contributed by atoms with Gasteiger partial charge in [-0.1, -0.05) is 30.3 Å². The third kappa shape index (κ3) is 4.08. The van der Waals surface area contributed by atoms with Gasteiger partial charge in [0.1, 0.15) is 5.75 Å². The Labute approximate surface area is 127 Å². The van der Waals surface area contributed by atoms with Gasteiger partial charge in [0, 0.05) is 6.42 Å². The van der Waals surface area contributed by atoms with E-state index < -0.39 is 6.10 Å². The molecule has 0 radical (unpaired) electrons. The molecule has 2 heteroatoms. The number of hydrogen-bond acceptors (Lipinski definition) is 2. The highest BCUT2D eigenvalue weighted by Crippen LogP contribution is 2.24. The van der Waals surface area contributed by atoms with Crippen molar-refractivity contribution in [2.24, 2.45) is 0 Å². The monoisotopic (exact) mass is 284 g/mol. The minimum atomic E-state index is -0.488. The summed E-state index contributed by atoms with van der Waals surface area (Å²) in [5, 5.41) is 10.5. The third-order valence-corrected chi connectivity index (χ3v) is 3.68. The van der Waals surface area contributed by atoms with Gasteiger partial charge in [0.25, 0.3) is 0 Å². The summed E-state index contributed by atoms with van der Waals surface area (Å²) in [6.45, 7) is 8.19. The van der Waals surface area contributed by atoms with Gasteiger partial charge in [-0.2, -0.15) is 0 Å². The first-order chi connectivity index (χ1) is 9.97. The zero-order valence-corrected chi connectivity index (χ0v) is 13.3. The zero-order chi connectivity index (χ0) is 15.4. The predicted octanol–water partition coefficient (Wildman–Crippen LogP) is 4.37. The third-order valence-electron chi connectivity index (χ3n) is 3.68. The van der Waals surface area contributed by atoms with Crippen molar-refractivity contribution in [2.75, 3.05) is 0 Å². The first-order valence-electron chi connectivity index (χ1n) is 7.47. The van der Waals surface area contributed by atoms with Gasteiger partial charge in [0.15, 0.2) is 0 Å². The second-order valence-corrected chi connectivity index (χ2v) is 5.83. The molecule has 1 atom stereocenters. The van der Waals surface area contributed by atoms with Crippen molar-refractivity contribution >= 4 is 0 Å². The lowest BCUT2D eigenvalue weighted by Crippen LogP contribution is -2.07. The molecule has 0 heterocycles. The van der Waals surface area contributed by atoms with Gasteiger partial charge in [0.05, 0.1) is 12.2 Å². The molecule has 0 spiro atoms. The van der Waals surface area contributed by atoms with Crippen molar-refractivity contribution in [1.29, 1.82) is 0 Å². The molecule has 0 aliphatic rings. The molecule has 0 bridgehead atoms. The highest BCUT2D eigenvalue weighted by atomic mass is 16.5. The van der Waals surface area contributed by atoms with Crippen LogP contribution in [0.1, 0.15) is 42.2 Å². The van der Waals surface area contributed by atoms with E-state index in [1.54, 1.807) is 0 Å². The normalized spacial score (nSPS) is 12.5. The molecule has 0 saturated carbocycles. The van der Waals surface area contributed by atoms with Crippen LogP contribution in [0.2, 0.25) is 0 Å². The molecule has 1 unspecified atom stereocenters. The standard InChI is InChI=1S/C19H24O2/c1-13(2)21-17-10-8-16(9-11-17)19(20)12-18-14(3)6-5-7-15(18)4/h5-11,13,19-20H,12H2,1-4H3. The Bertz CT molecular complexity index is 565. The summed E-state index contributed by atoms with van der Waals surface area (Å²) in [6.07, 6.45) is 0.316. The van der Waals surface area contributed by atoms with Crippen LogP contribution in [0.25, 0.3) is 0 Å². The second kappa shape index (κ2) is 6.77. The number of aryl methyl sites for hydroxylation is 2. The Balaban J connectivity index is 2.11. The summed E-state index contributed by atoms with van der Waals surface area (Å²) >= 11 is 0. The Kier molecular flexibility index (Phi) is 5.03. The number of aliphatic hydroxyl groups excluding tert-OH is 1. The Hall–Kier alpha value is -1.80. The van der Waals surface area contributed by atoms with Gasteiger partial charge < -0.3 is 9.84 Å². The van der Waals surface area contributed by atoms with Crippen LogP contribution in [-0.4, -0.2) is 11.2 Å². The molecule has 1 N–H and O–H groups in total. The number of rotatable bonds is 5. The first-order valence-corrected chi connectivity index (χ1v) is 7.47. The summed E-state index contributed by atoms with van der Waals surface area (Å²) in [5.74, 6) is 0.841. The molecule has 2 rings (SSSR count). The fraction of sp³-hybridized carbons (Fsp3) is 0.368. The van der Waals surface area contributed by atoms with E-state index in [1.165, 1.54) is 16.7 Å². The average molecular weight is 284 g/mol. The average Bonchev–Trinajstić information content (AvgIpc) is 2.43. The van der Waals surface area contributed by atoms with E-state index in [9.17, 15) is 5.11 Å². The lowest BCUT2D eigenvalue weighted by molar-refractivity contribution is 0.177. The van der Waals surface area contributed by atoms with E-state index in [0.29, 0.717) is 6.42 Å².